The highest BCUT2D eigenvalue weighted by Crippen LogP contribution is 2.16. The van der Waals surface area contributed by atoms with Crippen LogP contribution in [0.3, 0.4) is 0 Å². The minimum atomic E-state index is 1.09. The van der Waals surface area contributed by atoms with Gasteiger partial charge < -0.3 is 10.2 Å². The first kappa shape index (κ1) is 19.5. The van der Waals surface area contributed by atoms with Crippen LogP contribution in [0.4, 0.5) is 5.69 Å². The Hall–Kier alpha value is -1.54. The van der Waals surface area contributed by atoms with E-state index < -0.39 is 0 Å². The second kappa shape index (κ2) is 13.4. The van der Waals surface area contributed by atoms with E-state index in [9.17, 15) is 0 Å². The molecule has 2 nitrogen and oxygen atoms in total. The van der Waals surface area contributed by atoms with Crippen molar-refractivity contribution in [2.45, 2.75) is 34.1 Å². The van der Waals surface area contributed by atoms with Crippen molar-refractivity contribution in [3.63, 3.8) is 0 Å². The molecule has 0 bridgehead atoms. The van der Waals surface area contributed by atoms with Gasteiger partial charge in [-0.2, -0.15) is 0 Å². The maximum Gasteiger partial charge on any atom is 0.0367 e. The summed E-state index contributed by atoms with van der Waals surface area (Å²) < 4.78 is 0. The van der Waals surface area contributed by atoms with E-state index in [-0.39, 0.29) is 0 Å². The Morgan fingerprint density at radius 3 is 2.00 bits per heavy atom. The van der Waals surface area contributed by atoms with Crippen molar-refractivity contribution in [2.24, 2.45) is 0 Å². The van der Waals surface area contributed by atoms with Crippen molar-refractivity contribution in [3.05, 3.63) is 48.6 Å². The molecule has 0 saturated carbocycles. The molecule has 0 unspecified atom stereocenters. The molecule has 2 heteroatoms. The molecule has 1 aromatic carbocycles. The number of rotatable bonds is 2. The Morgan fingerprint density at radius 1 is 1.10 bits per heavy atom. The zero-order chi connectivity index (χ0) is 15.9. The van der Waals surface area contributed by atoms with E-state index in [2.05, 4.69) is 67.1 Å². The van der Waals surface area contributed by atoms with Crippen LogP contribution in [-0.4, -0.2) is 26.2 Å². The van der Waals surface area contributed by atoms with E-state index in [1.165, 1.54) is 17.7 Å². The average molecular weight is 288 g/mol. The van der Waals surface area contributed by atoms with Crippen molar-refractivity contribution in [2.75, 3.05) is 31.1 Å². The van der Waals surface area contributed by atoms with Crippen molar-refractivity contribution in [3.8, 4) is 0 Å². The summed E-state index contributed by atoms with van der Waals surface area (Å²) in [6, 6.07) is 8.77. The molecule has 1 saturated heterocycles. The fourth-order valence-electron chi connectivity index (χ4n) is 1.91. The van der Waals surface area contributed by atoms with E-state index in [0.29, 0.717) is 0 Å². The summed E-state index contributed by atoms with van der Waals surface area (Å²) in [5.74, 6) is 0. The quantitative estimate of drug-likeness (QED) is 0.791. The van der Waals surface area contributed by atoms with Crippen LogP contribution < -0.4 is 10.2 Å². The maximum atomic E-state index is 3.36. The molecular weight excluding hydrogens is 256 g/mol. The van der Waals surface area contributed by atoms with Gasteiger partial charge in [0, 0.05) is 31.9 Å². The Balaban J connectivity index is 0.000000578. The Morgan fingerprint density at radius 2 is 1.57 bits per heavy atom. The fourth-order valence-corrected chi connectivity index (χ4v) is 1.91. The van der Waals surface area contributed by atoms with Gasteiger partial charge in [-0.25, -0.2) is 0 Å². The lowest BCUT2D eigenvalue weighted by Gasteiger charge is -2.29. The Bertz CT molecular complexity index is 373. The number of hydrogen-bond donors (Lipinski definition) is 1. The Kier molecular flexibility index (Phi) is 12.5. The number of piperazine rings is 1. The molecule has 1 aromatic rings. The maximum absolute atomic E-state index is 3.36. The van der Waals surface area contributed by atoms with Crippen molar-refractivity contribution < 1.29 is 0 Å². The molecule has 0 atom stereocenters. The summed E-state index contributed by atoms with van der Waals surface area (Å²) in [5, 5.41) is 3.36. The molecule has 0 spiro atoms. The standard InChI is InChI=1S/C13H18N2.C3H8.C3H6/c1-2-3-12-4-6-13(7-5-12)15-10-8-14-9-11-15;2*1-3-2/h2-7,14H,8-11H2,1H3;3H2,1-2H3;3H,1H2,2H3/b3-2+;;. The molecule has 1 heterocycles. The van der Waals surface area contributed by atoms with Gasteiger partial charge in [0.15, 0.2) is 0 Å². The smallest absolute Gasteiger partial charge is 0.0367 e. The number of nitrogens with one attached hydrogen (secondary N) is 1. The minimum Gasteiger partial charge on any atom is -0.369 e. The number of anilines is 1. The van der Waals surface area contributed by atoms with Crippen LogP contribution >= 0.6 is 0 Å². The van der Waals surface area contributed by atoms with Crippen LogP contribution in [0.1, 0.15) is 39.7 Å². The third kappa shape index (κ3) is 9.09. The van der Waals surface area contributed by atoms with Gasteiger partial charge in [0.05, 0.1) is 0 Å². The predicted octanol–water partition coefficient (Wildman–Crippen LogP) is 4.74. The molecule has 1 aliphatic heterocycles. The molecule has 2 rings (SSSR count). The third-order valence-corrected chi connectivity index (χ3v) is 2.73. The first-order chi connectivity index (χ1) is 10.2. The van der Waals surface area contributed by atoms with Gasteiger partial charge in [-0.3, -0.25) is 0 Å². The van der Waals surface area contributed by atoms with Gasteiger partial charge in [-0.1, -0.05) is 50.6 Å². The fraction of sp³-hybridized carbons (Fsp3) is 0.474. The lowest BCUT2D eigenvalue weighted by molar-refractivity contribution is 0.589. The summed E-state index contributed by atoms with van der Waals surface area (Å²) in [5.41, 5.74) is 2.61. The van der Waals surface area contributed by atoms with Gasteiger partial charge >= 0.3 is 0 Å². The van der Waals surface area contributed by atoms with Gasteiger partial charge in [-0.15, -0.1) is 6.58 Å². The molecule has 118 valence electrons. The van der Waals surface area contributed by atoms with E-state index in [0.717, 1.165) is 26.2 Å². The lowest BCUT2D eigenvalue weighted by atomic mass is 10.1. The highest BCUT2D eigenvalue weighted by atomic mass is 15.2. The molecule has 21 heavy (non-hydrogen) atoms. The van der Waals surface area contributed by atoms with Gasteiger partial charge in [0.2, 0.25) is 0 Å². The van der Waals surface area contributed by atoms with E-state index in [1.807, 2.05) is 13.8 Å². The number of nitrogens with zero attached hydrogens (tertiary/aromatic N) is 1. The molecule has 0 radical (unpaired) electrons. The van der Waals surface area contributed by atoms with E-state index in [1.54, 1.807) is 6.08 Å². The highest BCUT2D eigenvalue weighted by molar-refractivity contribution is 5.55. The molecule has 0 aromatic heterocycles. The van der Waals surface area contributed by atoms with Crippen molar-refractivity contribution in [1.82, 2.24) is 5.32 Å². The molecule has 0 amide bonds. The van der Waals surface area contributed by atoms with Crippen molar-refractivity contribution >= 4 is 11.8 Å². The summed E-state index contributed by atoms with van der Waals surface area (Å²) >= 11 is 0. The number of allylic oxidation sites excluding steroid dienone is 2. The highest BCUT2D eigenvalue weighted by Gasteiger charge is 2.09. The average Bonchev–Trinajstić information content (AvgIpc) is 2.51. The second-order valence-corrected chi connectivity index (χ2v) is 4.94. The Labute approximate surface area is 131 Å². The van der Waals surface area contributed by atoms with E-state index in [4.69, 9.17) is 0 Å². The first-order valence-corrected chi connectivity index (χ1v) is 7.98. The third-order valence-electron chi connectivity index (χ3n) is 2.73. The SMILES string of the molecule is C/C=C/c1ccc(N2CCNCC2)cc1.C=CC.CCC. The molecule has 1 aliphatic rings. The van der Waals surface area contributed by atoms with Crippen LogP contribution in [0.15, 0.2) is 43.0 Å². The van der Waals surface area contributed by atoms with Gasteiger partial charge in [0.1, 0.15) is 0 Å². The van der Waals surface area contributed by atoms with E-state index >= 15 is 0 Å². The molecule has 1 fully saturated rings. The monoisotopic (exact) mass is 288 g/mol. The van der Waals surface area contributed by atoms with Gasteiger partial charge in [0.25, 0.3) is 0 Å². The normalized spacial score (nSPS) is 13.8. The van der Waals surface area contributed by atoms with Crippen molar-refractivity contribution in [1.29, 1.82) is 0 Å². The zero-order valence-electron chi connectivity index (χ0n) is 14.2. The second-order valence-electron chi connectivity index (χ2n) is 4.94. The zero-order valence-corrected chi connectivity index (χ0v) is 14.2. The van der Waals surface area contributed by atoms with Crippen LogP contribution in [0.5, 0.6) is 0 Å². The summed E-state index contributed by atoms with van der Waals surface area (Å²) in [6.07, 6.45) is 7.20. The van der Waals surface area contributed by atoms with Crippen LogP contribution in [0.25, 0.3) is 6.08 Å². The summed E-state index contributed by atoms with van der Waals surface area (Å²) in [7, 11) is 0. The van der Waals surface area contributed by atoms with Crippen LogP contribution in [0, 0.1) is 0 Å². The summed E-state index contributed by atoms with van der Waals surface area (Å²) in [4.78, 5) is 2.43. The largest absolute Gasteiger partial charge is 0.369 e. The van der Waals surface area contributed by atoms with Crippen LogP contribution in [0.2, 0.25) is 0 Å². The van der Waals surface area contributed by atoms with Crippen LogP contribution in [-0.2, 0) is 0 Å². The molecule has 0 aliphatic carbocycles. The minimum absolute atomic E-state index is 1.09. The van der Waals surface area contributed by atoms with Gasteiger partial charge in [-0.05, 0) is 31.5 Å². The predicted molar refractivity (Wildman–Crippen MR) is 98.1 cm³/mol. The first-order valence-electron chi connectivity index (χ1n) is 7.98. The molecular formula is C19H32N2. The number of benzene rings is 1. The summed E-state index contributed by atoms with van der Waals surface area (Å²) in [6.45, 7) is 16.0. The molecule has 1 N–H and O–H groups in total. The lowest BCUT2D eigenvalue weighted by Crippen LogP contribution is -2.43. The topological polar surface area (TPSA) is 15.3 Å². The number of hydrogen-bond acceptors (Lipinski definition) is 2.